The summed E-state index contributed by atoms with van der Waals surface area (Å²) in [6.45, 7) is 6.22. The third kappa shape index (κ3) is 3.88. The van der Waals surface area contributed by atoms with Crippen molar-refractivity contribution in [1.82, 2.24) is 4.98 Å². The molecule has 1 aromatic heterocycles. The molecule has 5 heteroatoms. The maximum absolute atomic E-state index is 12.5. The van der Waals surface area contributed by atoms with E-state index in [4.69, 9.17) is 11.6 Å². The number of hydrogen-bond acceptors (Lipinski definition) is 3. The molecule has 1 saturated heterocycles. The number of piperidine rings is 1. The zero-order chi connectivity index (χ0) is 17.1. The molecule has 1 unspecified atom stereocenters. The number of halogens is 1. The fraction of sp³-hybridized carbons (Fsp3) is 0.368. The van der Waals surface area contributed by atoms with Crippen LogP contribution < -0.4 is 10.2 Å². The van der Waals surface area contributed by atoms with Crippen LogP contribution in [0.25, 0.3) is 0 Å². The third-order valence-corrected chi connectivity index (χ3v) is 4.68. The SMILES string of the molecule is Cc1cc(Cl)ccc1NC(=O)c1cncc(N2CCCC(C)C2)c1. The minimum absolute atomic E-state index is 0.153. The number of aryl methyl sites for hydroxylation is 1. The highest BCUT2D eigenvalue weighted by molar-refractivity contribution is 6.30. The molecule has 3 rings (SSSR count). The van der Waals surface area contributed by atoms with Crippen LogP contribution in [-0.2, 0) is 0 Å². The van der Waals surface area contributed by atoms with Gasteiger partial charge in [-0.1, -0.05) is 18.5 Å². The number of hydrogen-bond donors (Lipinski definition) is 1. The number of carbonyl (C=O) groups excluding carboxylic acids is 1. The van der Waals surface area contributed by atoms with Gasteiger partial charge in [0.1, 0.15) is 0 Å². The normalized spacial score (nSPS) is 17.6. The Morgan fingerprint density at radius 2 is 2.17 bits per heavy atom. The number of nitrogens with one attached hydrogen (secondary N) is 1. The average Bonchev–Trinajstić information content (AvgIpc) is 2.57. The fourth-order valence-corrected chi connectivity index (χ4v) is 3.34. The molecule has 0 bridgehead atoms. The van der Waals surface area contributed by atoms with E-state index in [0.29, 0.717) is 16.5 Å². The van der Waals surface area contributed by atoms with E-state index in [0.717, 1.165) is 30.0 Å². The summed E-state index contributed by atoms with van der Waals surface area (Å²) in [7, 11) is 0. The van der Waals surface area contributed by atoms with Crippen LogP contribution >= 0.6 is 11.6 Å². The minimum Gasteiger partial charge on any atom is -0.370 e. The highest BCUT2D eigenvalue weighted by Crippen LogP contribution is 2.24. The summed E-state index contributed by atoms with van der Waals surface area (Å²) >= 11 is 5.96. The first-order chi connectivity index (χ1) is 11.5. The van der Waals surface area contributed by atoms with Crippen molar-refractivity contribution in [1.29, 1.82) is 0 Å². The highest BCUT2D eigenvalue weighted by atomic mass is 35.5. The lowest BCUT2D eigenvalue weighted by atomic mass is 10.00. The Labute approximate surface area is 147 Å². The molecule has 4 nitrogen and oxygen atoms in total. The summed E-state index contributed by atoms with van der Waals surface area (Å²) < 4.78 is 0. The monoisotopic (exact) mass is 343 g/mol. The maximum atomic E-state index is 12.5. The summed E-state index contributed by atoms with van der Waals surface area (Å²) in [4.78, 5) is 19.1. The van der Waals surface area contributed by atoms with Gasteiger partial charge in [-0.25, -0.2) is 0 Å². The van der Waals surface area contributed by atoms with E-state index < -0.39 is 0 Å². The largest absolute Gasteiger partial charge is 0.370 e. The molecule has 1 aliphatic heterocycles. The van der Waals surface area contributed by atoms with Crippen molar-refractivity contribution in [2.45, 2.75) is 26.7 Å². The first-order valence-electron chi connectivity index (χ1n) is 8.30. The minimum atomic E-state index is -0.153. The van der Waals surface area contributed by atoms with Crippen molar-refractivity contribution in [2.24, 2.45) is 5.92 Å². The molecule has 1 aromatic carbocycles. The van der Waals surface area contributed by atoms with Crippen LogP contribution in [-0.4, -0.2) is 24.0 Å². The van der Waals surface area contributed by atoms with Gasteiger partial charge < -0.3 is 10.2 Å². The van der Waals surface area contributed by atoms with Gasteiger partial charge >= 0.3 is 0 Å². The van der Waals surface area contributed by atoms with Gasteiger partial charge in [-0.2, -0.15) is 0 Å². The standard InChI is InChI=1S/C19H22ClN3O/c1-13-4-3-7-23(12-13)17-9-15(10-21-11-17)19(24)22-18-6-5-16(20)8-14(18)2/h5-6,8-11,13H,3-4,7,12H2,1-2H3,(H,22,24). The van der Waals surface area contributed by atoms with Crippen molar-refractivity contribution < 1.29 is 4.79 Å². The van der Waals surface area contributed by atoms with Crippen LogP contribution in [0, 0.1) is 12.8 Å². The molecule has 1 N–H and O–H groups in total. The van der Waals surface area contributed by atoms with Crippen molar-refractivity contribution >= 4 is 28.9 Å². The molecule has 126 valence electrons. The van der Waals surface area contributed by atoms with Crippen LogP contribution in [0.15, 0.2) is 36.7 Å². The second-order valence-corrected chi connectivity index (χ2v) is 6.98. The molecule has 1 aliphatic rings. The van der Waals surface area contributed by atoms with Crippen molar-refractivity contribution in [3.05, 3.63) is 52.8 Å². The smallest absolute Gasteiger partial charge is 0.257 e. The molecule has 1 atom stereocenters. The predicted molar refractivity (Wildman–Crippen MR) is 99.0 cm³/mol. The second-order valence-electron chi connectivity index (χ2n) is 6.54. The van der Waals surface area contributed by atoms with E-state index in [1.165, 1.54) is 12.8 Å². The van der Waals surface area contributed by atoms with Gasteiger partial charge in [0, 0.05) is 30.0 Å². The molecule has 0 aliphatic carbocycles. The second kappa shape index (κ2) is 7.22. The lowest BCUT2D eigenvalue weighted by molar-refractivity contribution is 0.102. The molecule has 2 heterocycles. The van der Waals surface area contributed by atoms with E-state index in [1.54, 1.807) is 12.3 Å². The van der Waals surface area contributed by atoms with Gasteiger partial charge in [-0.3, -0.25) is 9.78 Å². The van der Waals surface area contributed by atoms with Crippen molar-refractivity contribution in [3.8, 4) is 0 Å². The summed E-state index contributed by atoms with van der Waals surface area (Å²) in [6.07, 6.45) is 5.89. The number of rotatable bonds is 3. The van der Waals surface area contributed by atoms with E-state index >= 15 is 0 Å². The summed E-state index contributed by atoms with van der Waals surface area (Å²) in [5, 5.41) is 3.60. The Bertz CT molecular complexity index is 747. The van der Waals surface area contributed by atoms with Crippen molar-refractivity contribution in [2.75, 3.05) is 23.3 Å². The summed E-state index contributed by atoms with van der Waals surface area (Å²) in [5.41, 5.74) is 3.29. The van der Waals surface area contributed by atoms with E-state index in [1.807, 2.05) is 31.3 Å². The number of carbonyl (C=O) groups is 1. The van der Waals surface area contributed by atoms with Crippen LogP contribution in [0.4, 0.5) is 11.4 Å². The lowest BCUT2D eigenvalue weighted by Gasteiger charge is -2.32. The van der Waals surface area contributed by atoms with Gasteiger partial charge in [0.15, 0.2) is 0 Å². The van der Waals surface area contributed by atoms with Gasteiger partial charge in [-0.15, -0.1) is 0 Å². The van der Waals surface area contributed by atoms with E-state index in [2.05, 4.69) is 22.1 Å². The molecule has 0 saturated carbocycles. The zero-order valence-corrected chi connectivity index (χ0v) is 14.8. The lowest BCUT2D eigenvalue weighted by Crippen LogP contribution is -2.34. The Hall–Kier alpha value is -2.07. The Morgan fingerprint density at radius 1 is 1.33 bits per heavy atom. The molecular weight excluding hydrogens is 322 g/mol. The van der Waals surface area contributed by atoms with Crippen LogP contribution in [0.3, 0.4) is 0 Å². The molecule has 1 amide bonds. The molecule has 1 fully saturated rings. The Morgan fingerprint density at radius 3 is 2.92 bits per heavy atom. The quantitative estimate of drug-likeness (QED) is 0.890. The average molecular weight is 344 g/mol. The van der Waals surface area contributed by atoms with Crippen LogP contribution in [0.1, 0.15) is 35.7 Å². The molecule has 24 heavy (non-hydrogen) atoms. The highest BCUT2D eigenvalue weighted by Gasteiger charge is 2.18. The first-order valence-corrected chi connectivity index (χ1v) is 8.68. The molecular formula is C19H22ClN3O. The first kappa shape index (κ1) is 16.8. The zero-order valence-electron chi connectivity index (χ0n) is 14.1. The number of amides is 1. The predicted octanol–water partition coefficient (Wildman–Crippen LogP) is 4.53. The molecule has 0 spiro atoms. The van der Waals surface area contributed by atoms with Crippen LogP contribution in [0.2, 0.25) is 5.02 Å². The third-order valence-electron chi connectivity index (χ3n) is 4.44. The number of benzene rings is 1. The van der Waals surface area contributed by atoms with Gasteiger partial charge in [0.25, 0.3) is 5.91 Å². The van der Waals surface area contributed by atoms with Gasteiger partial charge in [0.2, 0.25) is 0 Å². The summed E-state index contributed by atoms with van der Waals surface area (Å²) in [5.74, 6) is 0.521. The number of nitrogens with zero attached hydrogens (tertiary/aromatic N) is 2. The number of aromatic nitrogens is 1. The topological polar surface area (TPSA) is 45.2 Å². The summed E-state index contributed by atoms with van der Waals surface area (Å²) in [6, 6.07) is 7.35. The van der Waals surface area contributed by atoms with Crippen molar-refractivity contribution in [3.63, 3.8) is 0 Å². The Balaban J connectivity index is 1.76. The van der Waals surface area contributed by atoms with Crippen LogP contribution in [0.5, 0.6) is 0 Å². The van der Waals surface area contributed by atoms with E-state index in [9.17, 15) is 4.79 Å². The fourth-order valence-electron chi connectivity index (χ4n) is 3.11. The number of pyridine rings is 1. The van der Waals surface area contributed by atoms with E-state index in [-0.39, 0.29) is 5.91 Å². The molecule has 2 aromatic rings. The molecule has 0 radical (unpaired) electrons. The van der Waals surface area contributed by atoms with Gasteiger partial charge in [0.05, 0.1) is 17.4 Å². The number of anilines is 2. The Kier molecular flexibility index (Phi) is 5.05. The maximum Gasteiger partial charge on any atom is 0.257 e. The van der Waals surface area contributed by atoms with Gasteiger partial charge in [-0.05, 0) is 55.5 Å².